The summed E-state index contributed by atoms with van der Waals surface area (Å²) in [6.07, 6.45) is -0.170. The number of aryl methyl sites for hydroxylation is 1. The van der Waals surface area contributed by atoms with E-state index in [0.29, 0.717) is 16.3 Å². The van der Waals surface area contributed by atoms with Gasteiger partial charge in [0.15, 0.2) is 0 Å². The van der Waals surface area contributed by atoms with E-state index in [-0.39, 0.29) is 31.0 Å². The first-order chi connectivity index (χ1) is 11.9. The van der Waals surface area contributed by atoms with Crippen LogP contribution < -0.4 is 21.9 Å². The van der Waals surface area contributed by atoms with Crippen LogP contribution in [-0.4, -0.2) is 34.9 Å². The van der Waals surface area contributed by atoms with Crippen LogP contribution in [-0.2, 0) is 11.2 Å². The maximum Gasteiger partial charge on any atom is 0.325 e. The molecule has 0 unspecified atom stereocenters. The van der Waals surface area contributed by atoms with Crippen LogP contribution in [0.25, 0.3) is 0 Å². The predicted molar refractivity (Wildman–Crippen MR) is 92.9 cm³/mol. The average Bonchev–Trinajstić information content (AvgIpc) is 2.55. The smallest absolute Gasteiger partial charge is 0.325 e. The lowest BCUT2D eigenvalue weighted by Crippen LogP contribution is -2.37. The summed E-state index contributed by atoms with van der Waals surface area (Å²) < 4.78 is 0. The van der Waals surface area contributed by atoms with Crippen molar-refractivity contribution in [3.05, 3.63) is 66.9 Å². The summed E-state index contributed by atoms with van der Waals surface area (Å²) in [5.41, 5.74) is -0.323. The van der Waals surface area contributed by atoms with Crippen LogP contribution >= 0.6 is 11.6 Å². The van der Waals surface area contributed by atoms with Gasteiger partial charge in [-0.05, 0) is 19.1 Å². The molecule has 25 heavy (non-hydrogen) atoms. The van der Waals surface area contributed by atoms with E-state index in [1.54, 1.807) is 31.2 Å². The van der Waals surface area contributed by atoms with Gasteiger partial charge in [0.05, 0.1) is 17.0 Å². The largest absolute Gasteiger partial charge is 0.354 e. The number of hydrogen-bond acceptors (Lipinski definition) is 4. The predicted octanol–water partition coefficient (Wildman–Crippen LogP) is 0.114. The molecule has 0 radical (unpaired) electrons. The highest BCUT2D eigenvalue weighted by Crippen LogP contribution is 2.14. The summed E-state index contributed by atoms with van der Waals surface area (Å²) in [5.74, 6) is -0.736. The van der Waals surface area contributed by atoms with Gasteiger partial charge in [-0.1, -0.05) is 23.7 Å². The highest BCUT2D eigenvalue weighted by atomic mass is 35.5. The molecule has 0 saturated heterocycles. The number of halogens is 1. The van der Waals surface area contributed by atoms with Crippen LogP contribution in [0.5, 0.6) is 0 Å². The fraction of sp³-hybridized carbons (Fsp3) is 0.250. The minimum atomic E-state index is -0.617. The molecule has 1 aromatic carbocycles. The third kappa shape index (κ3) is 5.05. The number of benzene rings is 1. The fourth-order valence-electron chi connectivity index (χ4n) is 2.18. The average molecular weight is 365 g/mol. The molecule has 9 heteroatoms. The maximum atomic E-state index is 11.9. The van der Waals surface area contributed by atoms with E-state index in [4.69, 9.17) is 11.6 Å². The highest BCUT2D eigenvalue weighted by molar-refractivity contribution is 6.33. The number of rotatable bonds is 6. The van der Waals surface area contributed by atoms with Crippen molar-refractivity contribution in [2.45, 2.75) is 13.3 Å². The Morgan fingerprint density at radius 2 is 1.76 bits per heavy atom. The number of H-pyrrole nitrogens is 2. The number of carbonyl (C=O) groups is 2. The second-order valence-corrected chi connectivity index (χ2v) is 5.68. The van der Waals surface area contributed by atoms with Crippen molar-refractivity contribution in [1.29, 1.82) is 0 Å². The van der Waals surface area contributed by atoms with E-state index >= 15 is 0 Å². The molecule has 0 bridgehead atoms. The van der Waals surface area contributed by atoms with Gasteiger partial charge in [0.2, 0.25) is 5.91 Å². The normalized spacial score (nSPS) is 10.3. The summed E-state index contributed by atoms with van der Waals surface area (Å²) in [6, 6.07) is 6.64. The Bertz CT molecular complexity index is 903. The molecular formula is C16H17ClN4O4. The molecular weight excluding hydrogens is 348 g/mol. The van der Waals surface area contributed by atoms with Crippen LogP contribution in [0.15, 0.2) is 33.9 Å². The van der Waals surface area contributed by atoms with Gasteiger partial charge in [-0.15, -0.1) is 0 Å². The molecule has 0 atom stereocenters. The number of aromatic amines is 2. The first-order valence-corrected chi connectivity index (χ1v) is 7.88. The van der Waals surface area contributed by atoms with Gasteiger partial charge >= 0.3 is 5.69 Å². The van der Waals surface area contributed by atoms with E-state index in [1.165, 1.54) is 0 Å². The minimum Gasteiger partial charge on any atom is -0.354 e. The second-order valence-electron chi connectivity index (χ2n) is 5.27. The Balaban J connectivity index is 1.82. The van der Waals surface area contributed by atoms with Gasteiger partial charge in [-0.25, -0.2) is 4.79 Å². The summed E-state index contributed by atoms with van der Waals surface area (Å²) in [4.78, 5) is 51.1. The lowest BCUT2D eigenvalue weighted by molar-refractivity contribution is -0.120. The maximum absolute atomic E-state index is 11.9. The second kappa shape index (κ2) is 8.29. The molecule has 0 saturated carbocycles. The molecule has 2 amide bonds. The van der Waals surface area contributed by atoms with Gasteiger partial charge in [-0.3, -0.25) is 19.4 Å². The number of hydrogen-bond donors (Lipinski definition) is 4. The molecule has 0 aliphatic heterocycles. The molecule has 2 aromatic rings. The van der Waals surface area contributed by atoms with Crippen LogP contribution in [0, 0.1) is 6.92 Å². The van der Waals surface area contributed by atoms with E-state index in [9.17, 15) is 19.2 Å². The SMILES string of the molecule is Cc1[nH]c(=O)[nH]c(=O)c1CC(=O)NCCNC(=O)c1ccccc1Cl. The highest BCUT2D eigenvalue weighted by Gasteiger charge is 2.12. The molecule has 0 aliphatic carbocycles. The Kier molecular flexibility index (Phi) is 6.13. The van der Waals surface area contributed by atoms with Gasteiger partial charge in [-0.2, -0.15) is 0 Å². The van der Waals surface area contributed by atoms with Crippen LogP contribution in [0.2, 0.25) is 5.02 Å². The standard InChI is InChI=1S/C16H17ClN4O4/c1-9-11(15(24)21-16(25)20-9)8-13(22)18-6-7-19-14(23)10-4-2-3-5-12(10)17/h2-5H,6-8H2,1H3,(H,18,22)(H,19,23)(H2,20,21,24,25). The number of carbonyl (C=O) groups excluding carboxylic acids is 2. The number of aromatic nitrogens is 2. The zero-order valence-electron chi connectivity index (χ0n) is 13.4. The summed E-state index contributed by atoms with van der Waals surface area (Å²) >= 11 is 5.93. The Hall–Kier alpha value is -2.87. The molecule has 1 aromatic heterocycles. The van der Waals surface area contributed by atoms with Crippen molar-refractivity contribution in [3.8, 4) is 0 Å². The minimum absolute atomic E-state index is 0.170. The molecule has 0 aliphatic rings. The van der Waals surface area contributed by atoms with Gasteiger partial charge in [0.1, 0.15) is 0 Å². The van der Waals surface area contributed by atoms with Crippen molar-refractivity contribution in [2.24, 2.45) is 0 Å². The zero-order chi connectivity index (χ0) is 18.4. The van der Waals surface area contributed by atoms with E-state index in [0.717, 1.165) is 0 Å². The van der Waals surface area contributed by atoms with Gasteiger partial charge in [0, 0.05) is 24.3 Å². The van der Waals surface area contributed by atoms with Crippen molar-refractivity contribution in [2.75, 3.05) is 13.1 Å². The van der Waals surface area contributed by atoms with Crippen LogP contribution in [0.3, 0.4) is 0 Å². The fourth-order valence-corrected chi connectivity index (χ4v) is 2.40. The molecule has 0 spiro atoms. The molecule has 8 nitrogen and oxygen atoms in total. The monoisotopic (exact) mass is 364 g/mol. The first-order valence-electron chi connectivity index (χ1n) is 7.50. The lowest BCUT2D eigenvalue weighted by atomic mass is 10.1. The Labute approximate surface area is 147 Å². The van der Waals surface area contributed by atoms with Crippen LogP contribution in [0.1, 0.15) is 21.6 Å². The van der Waals surface area contributed by atoms with Gasteiger partial charge in [0.25, 0.3) is 11.5 Å². The van der Waals surface area contributed by atoms with Crippen LogP contribution in [0.4, 0.5) is 0 Å². The van der Waals surface area contributed by atoms with Gasteiger partial charge < -0.3 is 15.6 Å². The molecule has 4 N–H and O–H groups in total. The van der Waals surface area contributed by atoms with Crippen molar-refractivity contribution in [3.63, 3.8) is 0 Å². The third-order valence-corrected chi connectivity index (χ3v) is 3.77. The third-order valence-electron chi connectivity index (χ3n) is 3.44. The van der Waals surface area contributed by atoms with E-state index in [1.807, 2.05) is 0 Å². The quantitative estimate of drug-likeness (QED) is 0.543. The molecule has 2 rings (SSSR count). The topological polar surface area (TPSA) is 124 Å². The van der Waals surface area contributed by atoms with E-state index < -0.39 is 17.2 Å². The summed E-state index contributed by atoms with van der Waals surface area (Å²) in [6.45, 7) is 1.94. The molecule has 0 fully saturated rings. The van der Waals surface area contributed by atoms with Crippen molar-refractivity contribution >= 4 is 23.4 Å². The lowest BCUT2D eigenvalue weighted by Gasteiger charge is -2.08. The van der Waals surface area contributed by atoms with Crippen molar-refractivity contribution < 1.29 is 9.59 Å². The molecule has 132 valence electrons. The zero-order valence-corrected chi connectivity index (χ0v) is 14.2. The van der Waals surface area contributed by atoms with Crippen molar-refractivity contribution in [1.82, 2.24) is 20.6 Å². The summed E-state index contributed by atoms with van der Waals surface area (Å²) in [5, 5.41) is 5.57. The number of nitrogens with one attached hydrogen (secondary N) is 4. The molecule has 1 heterocycles. The summed E-state index contributed by atoms with van der Waals surface area (Å²) in [7, 11) is 0. The number of amides is 2. The Morgan fingerprint density at radius 3 is 2.44 bits per heavy atom. The van der Waals surface area contributed by atoms with E-state index in [2.05, 4.69) is 20.6 Å². The first kappa shape index (κ1) is 18.5. The Morgan fingerprint density at radius 1 is 1.08 bits per heavy atom.